The Morgan fingerprint density at radius 1 is 1.24 bits per heavy atom. The lowest BCUT2D eigenvalue weighted by molar-refractivity contribution is -0.139. The van der Waals surface area contributed by atoms with Gasteiger partial charge in [-0.2, -0.15) is 10.2 Å². The molecule has 37 heavy (non-hydrogen) atoms. The van der Waals surface area contributed by atoms with E-state index in [1.807, 2.05) is 6.07 Å². The number of nitrogens with zero attached hydrogens (tertiary/aromatic N) is 7. The first kappa shape index (κ1) is 26.0. The van der Waals surface area contributed by atoms with Gasteiger partial charge in [0.05, 0.1) is 30.9 Å². The summed E-state index contributed by atoms with van der Waals surface area (Å²) in [6.45, 7) is 0.256. The van der Waals surface area contributed by atoms with E-state index in [0.29, 0.717) is 5.82 Å². The molecule has 0 aromatic carbocycles. The summed E-state index contributed by atoms with van der Waals surface area (Å²) < 4.78 is 1.39. The summed E-state index contributed by atoms with van der Waals surface area (Å²) in [5.74, 6) is -2.16. The summed E-state index contributed by atoms with van der Waals surface area (Å²) in [6.07, 6.45) is 1.46. The summed E-state index contributed by atoms with van der Waals surface area (Å²) in [5, 5.41) is 36.2. The largest absolute Gasteiger partial charge is 0.480 e. The van der Waals surface area contributed by atoms with Crippen molar-refractivity contribution in [2.45, 2.75) is 31.8 Å². The molecule has 192 valence electrons. The number of carboxylic acids is 1. The third kappa shape index (κ3) is 6.95. The van der Waals surface area contributed by atoms with Gasteiger partial charge < -0.3 is 27.2 Å². The Bertz CT molecular complexity index is 1390. The average molecular weight is 511 g/mol. The third-order valence-corrected chi connectivity index (χ3v) is 4.76. The minimum Gasteiger partial charge on any atom is -0.480 e. The molecule has 0 saturated carbocycles. The fourth-order valence-electron chi connectivity index (χ4n) is 3.00. The van der Waals surface area contributed by atoms with Gasteiger partial charge in [-0.05, 0) is 29.0 Å². The molecule has 0 radical (unpaired) electrons. The Hall–Kier alpha value is -5.60. The maximum absolute atomic E-state index is 12.5. The number of amides is 3. The van der Waals surface area contributed by atoms with Crippen LogP contribution in [-0.4, -0.2) is 64.2 Å². The molecule has 0 saturated heterocycles. The van der Waals surface area contributed by atoms with E-state index in [-0.39, 0.29) is 54.6 Å². The zero-order chi connectivity index (χ0) is 26.9. The van der Waals surface area contributed by atoms with E-state index in [0.717, 1.165) is 6.20 Å². The molecule has 9 N–H and O–H groups in total. The normalized spacial score (nSPS) is 11.2. The third-order valence-electron chi connectivity index (χ3n) is 4.76. The fourth-order valence-corrected chi connectivity index (χ4v) is 3.00. The molecular weight excluding hydrogens is 490 g/mol. The number of hydrogen-bond acceptors (Lipinski definition) is 12. The highest BCUT2D eigenvalue weighted by atomic mass is 16.4. The molecule has 0 aliphatic rings. The number of aromatic nitrogens is 7. The van der Waals surface area contributed by atoms with Crippen LogP contribution in [0.1, 0.15) is 29.2 Å². The Morgan fingerprint density at radius 2 is 2.03 bits per heavy atom. The number of aromatic amines is 1. The first-order valence-electron chi connectivity index (χ1n) is 10.5. The number of urea groups is 1. The summed E-state index contributed by atoms with van der Waals surface area (Å²) in [4.78, 5) is 57.9. The van der Waals surface area contributed by atoms with E-state index < -0.39 is 29.5 Å². The van der Waals surface area contributed by atoms with Gasteiger partial charge in [-0.1, -0.05) is 0 Å². The molecule has 0 spiro atoms. The van der Waals surface area contributed by atoms with Gasteiger partial charge in [0, 0.05) is 6.42 Å². The molecule has 0 unspecified atom stereocenters. The van der Waals surface area contributed by atoms with Gasteiger partial charge in [0.1, 0.15) is 11.7 Å². The Morgan fingerprint density at radius 3 is 2.68 bits per heavy atom. The number of hydrogen-bond donors (Lipinski definition) is 7. The highest BCUT2D eigenvalue weighted by Crippen LogP contribution is 2.12. The van der Waals surface area contributed by atoms with Crippen LogP contribution in [-0.2, 0) is 17.8 Å². The van der Waals surface area contributed by atoms with Gasteiger partial charge in [0.2, 0.25) is 5.95 Å². The van der Waals surface area contributed by atoms with Gasteiger partial charge in [-0.3, -0.25) is 19.9 Å². The number of carbonyl (C=O) groups excluding carboxylic acids is 2. The fraction of sp³-hybridized carbons (Fsp3) is 0.263. The zero-order valence-corrected chi connectivity index (χ0v) is 19.0. The quantitative estimate of drug-likeness (QED) is 0.166. The first-order valence-corrected chi connectivity index (χ1v) is 10.5. The van der Waals surface area contributed by atoms with Gasteiger partial charge in [0.25, 0.3) is 11.5 Å². The second-order valence-corrected chi connectivity index (χ2v) is 7.35. The smallest absolute Gasteiger partial charge is 0.326 e. The highest BCUT2D eigenvalue weighted by Gasteiger charge is 2.22. The predicted molar refractivity (Wildman–Crippen MR) is 126 cm³/mol. The maximum atomic E-state index is 12.5. The molecule has 18 heteroatoms. The van der Waals surface area contributed by atoms with Crippen LogP contribution in [0.2, 0.25) is 0 Å². The molecule has 3 aromatic rings. The lowest BCUT2D eigenvalue weighted by Gasteiger charge is -2.14. The van der Waals surface area contributed by atoms with Crippen molar-refractivity contribution in [3.05, 3.63) is 40.2 Å². The number of nitriles is 1. The standard InChI is InChI=1S/C19H21N13O5/c20-6-1-7-32-12(29-30-31-32)5-4-11(17(35)36)25-15(33)10-3-2-9(8-23-10)24-19(37)26-13-14(21)27-18(22)28-16(13)34/h2-3,8,11H,1,4-5,7H2,(H,25,33)(H,35,36)(H2,24,26,37)(H5,21,22,27,28,34)/t11-/m0/s1. The number of nitrogens with two attached hydrogens (primary N) is 2. The van der Waals surface area contributed by atoms with Gasteiger partial charge in [-0.25, -0.2) is 19.3 Å². The second-order valence-electron chi connectivity index (χ2n) is 7.35. The van der Waals surface area contributed by atoms with Crippen LogP contribution in [0.4, 0.5) is 27.9 Å². The molecule has 0 bridgehead atoms. The number of rotatable bonds is 10. The number of tetrazole rings is 1. The Labute approximate surface area is 207 Å². The minimum absolute atomic E-state index is 0.0178. The van der Waals surface area contributed by atoms with Crippen LogP contribution < -0.4 is 33.0 Å². The lowest BCUT2D eigenvalue weighted by atomic mass is 10.1. The molecule has 3 rings (SSSR count). The number of anilines is 4. The molecular formula is C19H21N13O5. The molecule has 3 amide bonds. The van der Waals surface area contributed by atoms with E-state index in [1.165, 1.54) is 16.8 Å². The van der Waals surface area contributed by atoms with E-state index in [9.17, 15) is 24.3 Å². The summed E-state index contributed by atoms with van der Waals surface area (Å²) >= 11 is 0. The lowest BCUT2D eigenvalue weighted by Crippen LogP contribution is -2.41. The van der Waals surface area contributed by atoms with Crippen LogP contribution in [0.5, 0.6) is 0 Å². The molecule has 0 fully saturated rings. The molecule has 0 aliphatic heterocycles. The Balaban J connectivity index is 1.58. The van der Waals surface area contributed by atoms with Crippen molar-refractivity contribution < 1.29 is 19.5 Å². The van der Waals surface area contributed by atoms with Crippen molar-refractivity contribution in [1.29, 1.82) is 5.26 Å². The number of aryl methyl sites for hydroxylation is 2. The number of aliphatic carboxylic acids is 1. The van der Waals surface area contributed by atoms with E-state index in [1.54, 1.807) is 0 Å². The number of carboxylic acid groups (broad SMARTS) is 1. The molecule has 3 aromatic heterocycles. The monoisotopic (exact) mass is 511 g/mol. The van der Waals surface area contributed by atoms with E-state index >= 15 is 0 Å². The van der Waals surface area contributed by atoms with Crippen molar-refractivity contribution in [2.75, 3.05) is 22.1 Å². The SMILES string of the molecule is N#CCCn1nnnc1CC[C@H](NC(=O)c1ccc(NC(=O)Nc2c(N)nc(N)[nH]c2=O)cn1)C(=O)O. The van der Waals surface area contributed by atoms with Crippen molar-refractivity contribution >= 4 is 41.0 Å². The van der Waals surface area contributed by atoms with Crippen LogP contribution >= 0.6 is 0 Å². The number of nitrogen functional groups attached to an aromatic ring is 2. The van der Waals surface area contributed by atoms with Crippen LogP contribution in [0.15, 0.2) is 23.1 Å². The van der Waals surface area contributed by atoms with Gasteiger partial charge in [0.15, 0.2) is 17.3 Å². The van der Waals surface area contributed by atoms with E-state index in [4.69, 9.17) is 16.7 Å². The maximum Gasteiger partial charge on any atom is 0.326 e. The van der Waals surface area contributed by atoms with E-state index in [2.05, 4.69) is 46.4 Å². The molecule has 3 heterocycles. The topological polar surface area (TPSA) is 286 Å². The number of carbonyl (C=O) groups is 3. The van der Waals surface area contributed by atoms with Crippen LogP contribution in [0.3, 0.4) is 0 Å². The number of pyridine rings is 1. The van der Waals surface area contributed by atoms with Crippen molar-refractivity contribution in [1.82, 2.24) is 40.5 Å². The minimum atomic E-state index is -1.27. The number of nitrogens with one attached hydrogen (secondary N) is 4. The Kier molecular flexibility index (Phi) is 8.22. The number of H-pyrrole nitrogens is 1. The summed E-state index contributed by atoms with van der Waals surface area (Å²) in [5.41, 5.74) is 9.92. The van der Waals surface area contributed by atoms with Gasteiger partial charge in [-0.15, -0.1) is 5.10 Å². The summed E-state index contributed by atoms with van der Waals surface area (Å²) in [6, 6.07) is 2.46. The zero-order valence-electron chi connectivity index (χ0n) is 19.0. The molecule has 0 aliphatic carbocycles. The second kappa shape index (κ2) is 11.7. The predicted octanol–water partition coefficient (Wildman–Crippen LogP) is -1.31. The van der Waals surface area contributed by atoms with Crippen molar-refractivity contribution in [3.63, 3.8) is 0 Å². The van der Waals surface area contributed by atoms with Crippen LogP contribution in [0.25, 0.3) is 0 Å². The molecule has 18 nitrogen and oxygen atoms in total. The summed E-state index contributed by atoms with van der Waals surface area (Å²) in [7, 11) is 0. The average Bonchev–Trinajstić information content (AvgIpc) is 3.30. The van der Waals surface area contributed by atoms with Crippen molar-refractivity contribution in [3.8, 4) is 6.07 Å². The molecule has 1 atom stereocenters. The first-order chi connectivity index (χ1) is 17.7. The van der Waals surface area contributed by atoms with Crippen molar-refractivity contribution in [2.24, 2.45) is 0 Å². The van der Waals surface area contributed by atoms with Crippen LogP contribution in [0, 0.1) is 11.3 Å². The van der Waals surface area contributed by atoms with Gasteiger partial charge >= 0.3 is 12.0 Å². The highest BCUT2D eigenvalue weighted by molar-refractivity contribution is 6.01.